The van der Waals surface area contributed by atoms with Crippen LogP contribution in [0, 0.1) is 0 Å². The molecule has 0 atom stereocenters. The van der Waals surface area contributed by atoms with Gasteiger partial charge in [0.25, 0.3) is 0 Å². The van der Waals surface area contributed by atoms with E-state index in [0.717, 1.165) is 19.1 Å². The molecule has 0 bridgehead atoms. The van der Waals surface area contributed by atoms with Crippen molar-refractivity contribution in [2.45, 2.75) is 25.7 Å². The molecule has 0 saturated carbocycles. The molecule has 2 aromatic carbocycles. The van der Waals surface area contributed by atoms with Gasteiger partial charge in [0.2, 0.25) is 15.9 Å². The summed E-state index contributed by atoms with van der Waals surface area (Å²) in [5, 5.41) is 4.12. The van der Waals surface area contributed by atoms with Crippen LogP contribution in [0.25, 0.3) is 0 Å². The molecule has 0 heterocycles. The molecule has 0 aliphatic carbocycles. The fourth-order valence-electron chi connectivity index (χ4n) is 2.74. The van der Waals surface area contributed by atoms with Gasteiger partial charge in [-0.05, 0) is 61.2 Å². The van der Waals surface area contributed by atoms with Crippen LogP contribution in [0.15, 0.2) is 48.5 Å². The smallest absolute Gasteiger partial charge is 0.232 e. The lowest BCUT2D eigenvalue weighted by molar-refractivity contribution is -0.121. The third-order valence-corrected chi connectivity index (χ3v) is 5.86. The highest BCUT2D eigenvalue weighted by Crippen LogP contribution is 2.21. The van der Waals surface area contributed by atoms with E-state index in [1.807, 2.05) is 24.3 Å². The van der Waals surface area contributed by atoms with E-state index < -0.39 is 10.0 Å². The highest BCUT2D eigenvalue weighted by Gasteiger charge is 2.17. The summed E-state index contributed by atoms with van der Waals surface area (Å²) in [6.07, 6.45) is 3.53. The minimum absolute atomic E-state index is 0.0827. The van der Waals surface area contributed by atoms with E-state index in [4.69, 9.17) is 23.2 Å². The summed E-state index contributed by atoms with van der Waals surface area (Å²) in [5.74, 6) is -0.0827. The van der Waals surface area contributed by atoms with Crippen molar-refractivity contribution >= 4 is 44.8 Å². The Labute approximate surface area is 176 Å². The average Bonchev–Trinajstić information content (AvgIpc) is 2.64. The van der Waals surface area contributed by atoms with Crippen LogP contribution in [0.4, 0.5) is 5.69 Å². The number of amides is 1. The third-order valence-electron chi connectivity index (χ3n) is 4.16. The zero-order valence-corrected chi connectivity index (χ0v) is 18.0. The standard InChI is InChI=1S/C20H24Cl2N2O3S/c1-28(26,27)24(19-12-10-18(22)11-13-19)15-3-5-20(25)23-14-2-4-16-6-8-17(21)9-7-16/h6-13H,2-5,14-15H2,1H3,(H,23,25). The molecule has 0 fully saturated rings. The summed E-state index contributed by atoms with van der Waals surface area (Å²) >= 11 is 11.7. The largest absolute Gasteiger partial charge is 0.356 e. The van der Waals surface area contributed by atoms with Gasteiger partial charge in [0, 0.05) is 29.6 Å². The number of aryl methyl sites for hydroxylation is 1. The van der Waals surface area contributed by atoms with Crippen LogP contribution in [-0.2, 0) is 21.2 Å². The molecule has 5 nitrogen and oxygen atoms in total. The van der Waals surface area contributed by atoms with Crippen LogP contribution < -0.4 is 9.62 Å². The summed E-state index contributed by atoms with van der Waals surface area (Å²) in [5.41, 5.74) is 1.71. The Balaban J connectivity index is 1.73. The first-order valence-electron chi connectivity index (χ1n) is 9.00. The summed E-state index contributed by atoms with van der Waals surface area (Å²) in [4.78, 5) is 12.0. The Kier molecular flexibility index (Phi) is 8.60. The second-order valence-electron chi connectivity index (χ2n) is 6.50. The summed E-state index contributed by atoms with van der Waals surface area (Å²) in [6.45, 7) is 0.813. The van der Waals surface area contributed by atoms with Gasteiger partial charge in [-0.15, -0.1) is 0 Å². The predicted octanol–water partition coefficient (Wildman–Crippen LogP) is 4.29. The lowest BCUT2D eigenvalue weighted by Crippen LogP contribution is -2.32. The minimum Gasteiger partial charge on any atom is -0.356 e. The third kappa shape index (κ3) is 7.70. The number of hydrogen-bond acceptors (Lipinski definition) is 3. The fourth-order valence-corrected chi connectivity index (χ4v) is 3.95. The molecule has 152 valence electrons. The van der Waals surface area contributed by atoms with E-state index >= 15 is 0 Å². The molecular weight excluding hydrogens is 419 g/mol. The van der Waals surface area contributed by atoms with Crippen LogP contribution in [-0.4, -0.2) is 33.7 Å². The first-order valence-corrected chi connectivity index (χ1v) is 11.6. The molecule has 0 aliphatic rings. The number of anilines is 1. The minimum atomic E-state index is -3.43. The average molecular weight is 443 g/mol. The van der Waals surface area contributed by atoms with E-state index in [1.54, 1.807) is 24.3 Å². The molecule has 2 aromatic rings. The fraction of sp³-hybridized carbons (Fsp3) is 0.350. The number of nitrogens with zero attached hydrogens (tertiary/aromatic N) is 1. The van der Waals surface area contributed by atoms with Crippen LogP contribution in [0.2, 0.25) is 10.0 Å². The van der Waals surface area contributed by atoms with Crippen molar-refractivity contribution < 1.29 is 13.2 Å². The SMILES string of the molecule is CS(=O)(=O)N(CCCC(=O)NCCCc1ccc(Cl)cc1)c1ccc(Cl)cc1. The number of carbonyl (C=O) groups excluding carboxylic acids is 1. The number of nitrogens with one attached hydrogen (secondary N) is 1. The maximum atomic E-state index is 12.0. The maximum absolute atomic E-state index is 12.0. The van der Waals surface area contributed by atoms with Gasteiger partial charge in [-0.2, -0.15) is 0 Å². The van der Waals surface area contributed by atoms with Crippen molar-refractivity contribution in [1.82, 2.24) is 5.32 Å². The summed E-state index contributed by atoms with van der Waals surface area (Å²) < 4.78 is 25.4. The first-order chi connectivity index (χ1) is 13.3. The number of benzene rings is 2. The van der Waals surface area contributed by atoms with Gasteiger partial charge in [0.05, 0.1) is 11.9 Å². The Morgan fingerprint density at radius 1 is 0.964 bits per heavy atom. The van der Waals surface area contributed by atoms with E-state index in [9.17, 15) is 13.2 Å². The first kappa shape index (κ1) is 22.5. The lowest BCUT2D eigenvalue weighted by atomic mass is 10.1. The van der Waals surface area contributed by atoms with Crippen LogP contribution in [0.5, 0.6) is 0 Å². The van der Waals surface area contributed by atoms with Crippen LogP contribution >= 0.6 is 23.2 Å². The molecule has 0 unspecified atom stereocenters. The van der Waals surface area contributed by atoms with E-state index in [0.29, 0.717) is 28.7 Å². The number of hydrogen-bond donors (Lipinski definition) is 1. The highest BCUT2D eigenvalue weighted by molar-refractivity contribution is 7.92. The molecule has 2 rings (SSSR count). The van der Waals surface area contributed by atoms with Crippen molar-refractivity contribution in [3.8, 4) is 0 Å². The number of carbonyl (C=O) groups is 1. The lowest BCUT2D eigenvalue weighted by Gasteiger charge is -2.22. The highest BCUT2D eigenvalue weighted by atomic mass is 35.5. The molecule has 0 aromatic heterocycles. The van der Waals surface area contributed by atoms with Crippen LogP contribution in [0.3, 0.4) is 0 Å². The van der Waals surface area contributed by atoms with Gasteiger partial charge in [-0.1, -0.05) is 35.3 Å². The van der Waals surface area contributed by atoms with Crippen molar-refractivity contribution in [2.75, 3.05) is 23.7 Å². The molecule has 1 amide bonds. The second-order valence-corrected chi connectivity index (χ2v) is 9.27. The molecule has 28 heavy (non-hydrogen) atoms. The zero-order valence-electron chi connectivity index (χ0n) is 15.7. The van der Waals surface area contributed by atoms with Gasteiger partial charge in [-0.3, -0.25) is 9.10 Å². The Hall–Kier alpha value is -1.76. The molecule has 8 heteroatoms. The van der Waals surface area contributed by atoms with Crippen molar-refractivity contribution in [3.63, 3.8) is 0 Å². The molecule has 0 saturated heterocycles. The number of halogens is 2. The van der Waals surface area contributed by atoms with Gasteiger partial charge < -0.3 is 5.32 Å². The zero-order chi connectivity index (χ0) is 20.6. The topological polar surface area (TPSA) is 66.5 Å². The van der Waals surface area contributed by atoms with Gasteiger partial charge in [0.1, 0.15) is 0 Å². The molecular formula is C20H24Cl2N2O3S. The van der Waals surface area contributed by atoms with E-state index in [-0.39, 0.29) is 18.9 Å². The summed E-state index contributed by atoms with van der Waals surface area (Å²) in [6, 6.07) is 14.2. The molecule has 0 radical (unpaired) electrons. The monoisotopic (exact) mass is 442 g/mol. The maximum Gasteiger partial charge on any atom is 0.232 e. The Morgan fingerprint density at radius 2 is 1.54 bits per heavy atom. The predicted molar refractivity (Wildman–Crippen MR) is 116 cm³/mol. The molecule has 1 N–H and O–H groups in total. The number of rotatable bonds is 10. The molecule has 0 spiro atoms. The van der Waals surface area contributed by atoms with Crippen molar-refractivity contribution in [3.05, 3.63) is 64.1 Å². The molecule has 0 aliphatic heterocycles. The Bertz CT molecular complexity index is 869. The second kappa shape index (κ2) is 10.7. The van der Waals surface area contributed by atoms with Gasteiger partial charge in [0.15, 0.2) is 0 Å². The van der Waals surface area contributed by atoms with Gasteiger partial charge >= 0.3 is 0 Å². The normalized spacial score (nSPS) is 11.2. The quantitative estimate of drug-likeness (QED) is 0.558. The van der Waals surface area contributed by atoms with Crippen molar-refractivity contribution in [2.24, 2.45) is 0 Å². The van der Waals surface area contributed by atoms with Gasteiger partial charge in [-0.25, -0.2) is 8.42 Å². The van der Waals surface area contributed by atoms with E-state index in [2.05, 4.69) is 5.32 Å². The number of sulfonamides is 1. The van der Waals surface area contributed by atoms with E-state index in [1.165, 1.54) is 9.87 Å². The Morgan fingerprint density at radius 3 is 2.11 bits per heavy atom. The summed E-state index contributed by atoms with van der Waals surface area (Å²) in [7, 11) is -3.43. The van der Waals surface area contributed by atoms with Crippen molar-refractivity contribution in [1.29, 1.82) is 0 Å². The van der Waals surface area contributed by atoms with Crippen LogP contribution in [0.1, 0.15) is 24.8 Å².